The second-order valence-corrected chi connectivity index (χ2v) is 9.29. The van der Waals surface area contributed by atoms with Crippen LogP contribution in [0.1, 0.15) is 11.1 Å². The first kappa shape index (κ1) is 20.4. The SMILES string of the molecule is Cc1cccc(NC(=O)Cn2cc(C=c3sc4nc5ccccc5n4c3=O)c3ccccc32)c1. The van der Waals surface area contributed by atoms with Gasteiger partial charge in [0.15, 0.2) is 4.96 Å². The highest BCUT2D eigenvalue weighted by Crippen LogP contribution is 2.23. The van der Waals surface area contributed by atoms with E-state index in [4.69, 9.17) is 0 Å². The van der Waals surface area contributed by atoms with Crippen molar-refractivity contribution in [3.8, 4) is 0 Å². The molecule has 3 aromatic heterocycles. The highest BCUT2D eigenvalue weighted by atomic mass is 32.1. The molecular weight excluding hydrogens is 444 g/mol. The number of thiazole rings is 1. The molecule has 0 aliphatic rings. The number of aryl methyl sites for hydroxylation is 1. The molecule has 0 saturated heterocycles. The summed E-state index contributed by atoms with van der Waals surface area (Å²) in [5.41, 5.74) is 5.24. The normalized spacial score (nSPS) is 12.2. The van der Waals surface area contributed by atoms with Crippen LogP contribution in [-0.4, -0.2) is 19.9 Å². The number of carbonyl (C=O) groups excluding carboxylic acids is 1. The van der Waals surface area contributed by atoms with Crippen LogP contribution in [0.5, 0.6) is 0 Å². The predicted molar refractivity (Wildman–Crippen MR) is 137 cm³/mol. The Bertz CT molecular complexity index is 1830. The van der Waals surface area contributed by atoms with Gasteiger partial charge >= 0.3 is 0 Å². The van der Waals surface area contributed by atoms with Crippen molar-refractivity contribution in [3.05, 3.63) is 105 Å². The highest BCUT2D eigenvalue weighted by molar-refractivity contribution is 7.15. The van der Waals surface area contributed by atoms with Crippen molar-refractivity contribution < 1.29 is 4.79 Å². The van der Waals surface area contributed by atoms with Gasteiger partial charge in [0.1, 0.15) is 6.54 Å². The van der Waals surface area contributed by atoms with Gasteiger partial charge in [-0.3, -0.25) is 9.59 Å². The molecule has 1 amide bonds. The zero-order chi connectivity index (χ0) is 23.2. The molecule has 6 aromatic rings. The Kier molecular flexibility index (Phi) is 4.78. The summed E-state index contributed by atoms with van der Waals surface area (Å²) in [7, 11) is 0. The largest absolute Gasteiger partial charge is 0.337 e. The minimum atomic E-state index is -0.108. The molecule has 7 heteroatoms. The van der Waals surface area contributed by atoms with Gasteiger partial charge in [-0.05, 0) is 48.9 Å². The maximum Gasteiger partial charge on any atom is 0.274 e. The highest BCUT2D eigenvalue weighted by Gasteiger charge is 2.13. The number of nitrogens with zero attached hydrogens (tertiary/aromatic N) is 3. The van der Waals surface area contributed by atoms with E-state index in [0.29, 0.717) is 9.49 Å². The Labute approximate surface area is 198 Å². The van der Waals surface area contributed by atoms with Crippen LogP contribution in [-0.2, 0) is 11.3 Å². The van der Waals surface area contributed by atoms with Gasteiger partial charge in [-0.1, -0.05) is 53.8 Å². The lowest BCUT2D eigenvalue weighted by molar-refractivity contribution is -0.116. The van der Waals surface area contributed by atoms with E-state index < -0.39 is 0 Å². The van der Waals surface area contributed by atoms with Gasteiger partial charge < -0.3 is 9.88 Å². The van der Waals surface area contributed by atoms with Crippen LogP contribution in [0.25, 0.3) is 33.0 Å². The second kappa shape index (κ2) is 7.97. The van der Waals surface area contributed by atoms with Crippen molar-refractivity contribution >= 4 is 55.9 Å². The molecule has 0 saturated carbocycles. The average Bonchev–Trinajstić information content (AvgIpc) is 3.45. The monoisotopic (exact) mass is 464 g/mol. The number of anilines is 1. The first-order chi connectivity index (χ1) is 16.6. The average molecular weight is 465 g/mol. The predicted octanol–water partition coefficient (Wildman–Crippen LogP) is 4.36. The van der Waals surface area contributed by atoms with E-state index in [0.717, 1.165) is 38.8 Å². The van der Waals surface area contributed by atoms with E-state index in [2.05, 4.69) is 10.3 Å². The quantitative estimate of drug-likeness (QED) is 0.422. The molecule has 0 atom stereocenters. The smallest absolute Gasteiger partial charge is 0.274 e. The second-order valence-electron chi connectivity index (χ2n) is 8.28. The van der Waals surface area contributed by atoms with Gasteiger partial charge in [-0.2, -0.15) is 0 Å². The number of rotatable bonds is 4. The van der Waals surface area contributed by atoms with Gasteiger partial charge in [0.2, 0.25) is 5.91 Å². The van der Waals surface area contributed by atoms with E-state index in [1.807, 2.05) is 96.6 Å². The molecule has 0 fully saturated rings. The molecule has 0 aliphatic heterocycles. The molecule has 0 bridgehead atoms. The number of hydrogen-bond acceptors (Lipinski definition) is 4. The summed E-state index contributed by atoms with van der Waals surface area (Å²) in [6.45, 7) is 2.16. The van der Waals surface area contributed by atoms with Crippen LogP contribution in [0.4, 0.5) is 5.69 Å². The first-order valence-corrected chi connectivity index (χ1v) is 11.7. The fourth-order valence-corrected chi connectivity index (χ4v) is 5.33. The molecule has 0 unspecified atom stereocenters. The van der Waals surface area contributed by atoms with Crippen molar-refractivity contribution in [2.75, 3.05) is 5.32 Å². The molecule has 0 radical (unpaired) electrons. The summed E-state index contributed by atoms with van der Waals surface area (Å²) in [5.74, 6) is -0.108. The van der Waals surface area contributed by atoms with Crippen LogP contribution in [0, 0.1) is 6.92 Å². The van der Waals surface area contributed by atoms with Crippen LogP contribution >= 0.6 is 11.3 Å². The molecule has 1 N–H and O–H groups in total. The van der Waals surface area contributed by atoms with Gasteiger partial charge in [0.25, 0.3) is 5.56 Å². The lowest BCUT2D eigenvalue weighted by atomic mass is 10.2. The maximum absolute atomic E-state index is 13.2. The number of amides is 1. The summed E-state index contributed by atoms with van der Waals surface area (Å²) in [5, 5.41) is 3.95. The molecule has 34 heavy (non-hydrogen) atoms. The number of carbonyl (C=O) groups is 1. The Balaban J connectivity index is 1.40. The topological polar surface area (TPSA) is 68.4 Å². The van der Waals surface area contributed by atoms with Crippen molar-refractivity contribution in [3.63, 3.8) is 0 Å². The van der Waals surface area contributed by atoms with E-state index in [-0.39, 0.29) is 18.0 Å². The Hall–Kier alpha value is -4.23. The maximum atomic E-state index is 13.2. The van der Waals surface area contributed by atoms with Gasteiger partial charge in [0, 0.05) is 28.4 Å². The summed E-state index contributed by atoms with van der Waals surface area (Å²) in [6, 6.07) is 23.3. The van der Waals surface area contributed by atoms with Crippen LogP contribution in [0.3, 0.4) is 0 Å². The summed E-state index contributed by atoms with van der Waals surface area (Å²) < 4.78 is 4.20. The molecule has 166 valence electrons. The molecule has 6 rings (SSSR count). The van der Waals surface area contributed by atoms with E-state index in [1.165, 1.54) is 11.3 Å². The Morgan fingerprint density at radius 3 is 2.68 bits per heavy atom. The number of fused-ring (bicyclic) bond motifs is 4. The summed E-state index contributed by atoms with van der Waals surface area (Å²) in [4.78, 5) is 31.2. The zero-order valence-electron chi connectivity index (χ0n) is 18.4. The zero-order valence-corrected chi connectivity index (χ0v) is 19.2. The number of benzene rings is 3. The minimum absolute atomic E-state index is 0.0808. The van der Waals surface area contributed by atoms with E-state index in [9.17, 15) is 9.59 Å². The fraction of sp³-hybridized carbons (Fsp3) is 0.0741. The van der Waals surface area contributed by atoms with Crippen LogP contribution in [0.2, 0.25) is 0 Å². The third-order valence-electron chi connectivity index (χ3n) is 5.87. The Morgan fingerprint density at radius 2 is 1.82 bits per heavy atom. The minimum Gasteiger partial charge on any atom is -0.337 e. The number of imidazole rings is 1. The lowest BCUT2D eigenvalue weighted by Crippen LogP contribution is -2.22. The third kappa shape index (κ3) is 3.47. The standard InChI is InChI=1S/C27H20N4O2S/c1-17-7-6-8-19(13-17)28-25(32)16-30-15-18(20-9-2-4-11-22(20)30)14-24-26(33)31-23-12-5-3-10-21(23)29-27(31)34-24/h2-15H,16H2,1H3,(H,28,32). The molecular formula is C27H20N4O2S. The van der Waals surface area contributed by atoms with Gasteiger partial charge in [0.05, 0.1) is 15.6 Å². The molecule has 6 nitrogen and oxygen atoms in total. The lowest BCUT2D eigenvalue weighted by Gasteiger charge is -2.08. The van der Waals surface area contributed by atoms with Gasteiger partial charge in [-0.25, -0.2) is 9.38 Å². The van der Waals surface area contributed by atoms with Crippen LogP contribution < -0.4 is 15.4 Å². The number of hydrogen-bond donors (Lipinski definition) is 1. The molecule has 0 aliphatic carbocycles. The summed E-state index contributed by atoms with van der Waals surface area (Å²) >= 11 is 1.37. The van der Waals surface area contributed by atoms with Crippen molar-refractivity contribution in [2.24, 2.45) is 0 Å². The van der Waals surface area contributed by atoms with E-state index >= 15 is 0 Å². The van der Waals surface area contributed by atoms with Crippen molar-refractivity contribution in [1.82, 2.24) is 14.0 Å². The fourth-order valence-electron chi connectivity index (χ4n) is 4.35. The molecule has 3 heterocycles. The third-order valence-corrected chi connectivity index (χ3v) is 6.84. The van der Waals surface area contributed by atoms with Crippen molar-refractivity contribution in [2.45, 2.75) is 13.5 Å². The number of para-hydroxylation sites is 3. The van der Waals surface area contributed by atoms with E-state index in [1.54, 1.807) is 4.40 Å². The first-order valence-electron chi connectivity index (χ1n) is 10.9. The number of aromatic nitrogens is 3. The number of nitrogens with one attached hydrogen (secondary N) is 1. The molecule has 3 aromatic carbocycles. The van der Waals surface area contributed by atoms with Crippen molar-refractivity contribution in [1.29, 1.82) is 0 Å². The Morgan fingerprint density at radius 1 is 1.03 bits per heavy atom. The van der Waals surface area contributed by atoms with Crippen LogP contribution in [0.15, 0.2) is 83.8 Å². The van der Waals surface area contributed by atoms with Gasteiger partial charge in [-0.15, -0.1) is 0 Å². The molecule has 0 spiro atoms. The summed E-state index contributed by atoms with van der Waals surface area (Å²) in [6.07, 6.45) is 3.83.